The van der Waals surface area contributed by atoms with Crippen molar-refractivity contribution in [2.75, 3.05) is 30.3 Å². The Morgan fingerprint density at radius 1 is 1.23 bits per heavy atom. The molecule has 26 heavy (non-hydrogen) atoms. The van der Waals surface area contributed by atoms with Gasteiger partial charge in [-0.2, -0.15) is 4.98 Å². The molecule has 1 aliphatic carbocycles. The Morgan fingerprint density at radius 3 is 2.73 bits per heavy atom. The first-order chi connectivity index (χ1) is 12.5. The number of carbonyl (C=O) groups excluding carboxylic acids is 1. The molecule has 0 bridgehead atoms. The third-order valence-corrected chi connectivity index (χ3v) is 6.27. The van der Waals surface area contributed by atoms with E-state index in [0.717, 1.165) is 64.2 Å². The van der Waals surface area contributed by atoms with Gasteiger partial charge in [-0.25, -0.2) is 9.37 Å². The van der Waals surface area contributed by atoms with Gasteiger partial charge in [0.15, 0.2) is 11.6 Å². The third-order valence-electron chi connectivity index (χ3n) is 6.27. The van der Waals surface area contributed by atoms with Crippen LogP contribution < -0.4 is 10.6 Å². The van der Waals surface area contributed by atoms with Crippen LogP contribution in [0.15, 0.2) is 6.20 Å². The van der Waals surface area contributed by atoms with Crippen molar-refractivity contribution in [2.45, 2.75) is 57.1 Å². The number of likely N-dealkylation sites (tertiary alicyclic amines) is 1. The molecular weight excluding hydrogens is 337 g/mol. The number of piperidine rings is 1. The molecule has 0 aromatic carbocycles. The van der Waals surface area contributed by atoms with Crippen molar-refractivity contribution in [1.29, 1.82) is 0 Å². The number of aliphatic hydroxyl groups excluding tert-OH is 1. The van der Waals surface area contributed by atoms with E-state index in [4.69, 9.17) is 5.73 Å². The number of halogens is 1. The molecule has 2 aliphatic heterocycles. The highest BCUT2D eigenvalue weighted by Gasteiger charge is 2.51. The van der Waals surface area contributed by atoms with E-state index in [1.807, 2.05) is 9.80 Å². The second kappa shape index (κ2) is 6.64. The lowest BCUT2D eigenvalue weighted by Gasteiger charge is -2.40. The summed E-state index contributed by atoms with van der Waals surface area (Å²) >= 11 is 0. The normalized spacial score (nSPS) is 32.5. The number of hydrogen-bond acceptors (Lipinski definition) is 6. The standard InChI is InChI=1S/C18H26FN5O2/c19-14-10-21-17(22-15(14)20)23-8-1-6-18(11-23)7-9-24(16(18)26)12-2-4-13(25)5-3-12/h10,12-13,25H,1-9,11H2,(H2,20,21,22)/t12-,13-,18-/m0/s1. The molecule has 4 rings (SSSR count). The third kappa shape index (κ3) is 3.00. The number of hydrogen-bond donors (Lipinski definition) is 2. The number of nitrogen functional groups attached to an aromatic ring is 1. The van der Waals surface area contributed by atoms with Crippen LogP contribution in [0.2, 0.25) is 0 Å². The van der Waals surface area contributed by atoms with E-state index in [1.54, 1.807) is 0 Å². The van der Waals surface area contributed by atoms with Gasteiger partial charge in [0.25, 0.3) is 0 Å². The van der Waals surface area contributed by atoms with Gasteiger partial charge in [-0.15, -0.1) is 0 Å². The quantitative estimate of drug-likeness (QED) is 0.823. The first kappa shape index (κ1) is 17.5. The van der Waals surface area contributed by atoms with Gasteiger partial charge < -0.3 is 20.6 Å². The average molecular weight is 363 g/mol. The number of aromatic nitrogens is 2. The SMILES string of the molecule is Nc1nc(N2CCC[C@]3(CCN([C@H]4CC[C@H](O)CC4)C3=O)C2)ncc1F. The highest BCUT2D eigenvalue weighted by Crippen LogP contribution is 2.43. The molecule has 142 valence electrons. The number of amides is 1. The Hall–Kier alpha value is -1.96. The van der Waals surface area contributed by atoms with Crippen molar-refractivity contribution < 1.29 is 14.3 Å². The summed E-state index contributed by atoms with van der Waals surface area (Å²) in [5.74, 6) is -0.161. The minimum absolute atomic E-state index is 0.158. The lowest BCUT2D eigenvalue weighted by atomic mass is 9.78. The zero-order valence-corrected chi connectivity index (χ0v) is 14.9. The van der Waals surface area contributed by atoms with Crippen molar-refractivity contribution in [3.63, 3.8) is 0 Å². The van der Waals surface area contributed by atoms with Crippen LogP contribution in [0.5, 0.6) is 0 Å². The smallest absolute Gasteiger partial charge is 0.230 e. The Bertz CT molecular complexity index is 694. The summed E-state index contributed by atoms with van der Waals surface area (Å²) < 4.78 is 13.4. The van der Waals surface area contributed by atoms with Crippen LogP contribution in [0.3, 0.4) is 0 Å². The minimum atomic E-state index is -0.622. The maximum Gasteiger partial charge on any atom is 0.230 e. The molecule has 1 saturated carbocycles. The van der Waals surface area contributed by atoms with Gasteiger partial charge in [0, 0.05) is 25.7 Å². The summed E-state index contributed by atoms with van der Waals surface area (Å²) in [7, 11) is 0. The van der Waals surface area contributed by atoms with Gasteiger partial charge in [0.05, 0.1) is 17.7 Å². The van der Waals surface area contributed by atoms with Crippen molar-refractivity contribution >= 4 is 17.7 Å². The molecule has 7 nitrogen and oxygen atoms in total. The summed E-state index contributed by atoms with van der Waals surface area (Å²) in [4.78, 5) is 25.4. The number of aliphatic hydroxyl groups is 1. The predicted octanol–water partition coefficient (Wildman–Crippen LogP) is 1.32. The molecule has 1 amide bonds. The van der Waals surface area contributed by atoms with Crippen LogP contribution in [-0.4, -0.2) is 57.7 Å². The molecule has 1 spiro atoms. The summed E-state index contributed by atoms with van der Waals surface area (Å²) in [5.41, 5.74) is 5.18. The number of nitrogens with two attached hydrogens (primary N) is 1. The molecule has 3 N–H and O–H groups in total. The van der Waals surface area contributed by atoms with E-state index in [2.05, 4.69) is 9.97 Å². The van der Waals surface area contributed by atoms with E-state index in [1.165, 1.54) is 0 Å². The molecule has 8 heteroatoms. The van der Waals surface area contributed by atoms with E-state index in [0.29, 0.717) is 12.5 Å². The molecule has 3 fully saturated rings. The summed E-state index contributed by atoms with van der Waals surface area (Å²) in [6.07, 6.45) is 6.76. The second-order valence-corrected chi connectivity index (χ2v) is 7.92. The second-order valence-electron chi connectivity index (χ2n) is 7.92. The largest absolute Gasteiger partial charge is 0.393 e. The summed E-state index contributed by atoms with van der Waals surface area (Å²) in [5, 5.41) is 9.72. The fourth-order valence-corrected chi connectivity index (χ4v) is 4.77. The van der Waals surface area contributed by atoms with Gasteiger partial charge in [-0.1, -0.05) is 0 Å². The minimum Gasteiger partial charge on any atom is -0.393 e. The van der Waals surface area contributed by atoms with E-state index >= 15 is 0 Å². The molecule has 3 heterocycles. The van der Waals surface area contributed by atoms with Gasteiger partial charge in [-0.3, -0.25) is 4.79 Å². The Kier molecular flexibility index (Phi) is 4.46. The lowest BCUT2D eigenvalue weighted by molar-refractivity contribution is -0.139. The molecule has 3 aliphatic rings. The number of nitrogens with zero attached hydrogens (tertiary/aromatic N) is 4. The van der Waals surface area contributed by atoms with Crippen molar-refractivity contribution in [3.05, 3.63) is 12.0 Å². The highest BCUT2D eigenvalue weighted by atomic mass is 19.1. The van der Waals surface area contributed by atoms with E-state index in [9.17, 15) is 14.3 Å². The van der Waals surface area contributed by atoms with Gasteiger partial charge in [-0.05, 0) is 44.9 Å². The predicted molar refractivity (Wildman–Crippen MR) is 94.9 cm³/mol. The Morgan fingerprint density at radius 2 is 2.00 bits per heavy atom. The van der Waals surface area contributed by atoms with Crippen LogP contribution >= 0.6 is 0 Å². The van der Waals surface area contributed by atoms with E-state index in [-0.39, 0.29) is 23.9 Å². The van der Waals surface area contributed by atoms with E-state index < -0.39 is 11.2 Å². The molecule has 2 saturated heterocycles. The van der Waals surface area contributed by atoms with Crippen molar-refractivity contribution in [2.24, 2.45) is 5.41 Å². The highest BCUT2D eigenvalue weighted by molar-refractivity contribution is 5.86. The summed E-state index contributed by atoms with van der Waals surface area (Å²) in [6, 6.07) is 0.248. The van der Waals surface area contributed by atoms with Gasteiger partial charge >= 0.3 is 0 Å². The fourth-order valence-electron chi connectivity index (χ4n) is 4.77. The maximum atomic E-state index is 13.4. The van der Waals surface area contributed by atoms with Gasteiger partial charge in [0.2, 0.25) is 11.9 Å². The molecular formula is C18H26FN5O2. The first-order valence-corrected chi connectivity index (χ1v) is 9.51. The van der Waals surface area contributed by atoms with Crippen molar-refractivity contribution in [3.8, 4) is 0 Å². The fraction of sp³-hybridized carbons (Fsp3) is 0.722. The first-order valence-electron chi connectivity index (χ1n) is 9.51. The van der Waals surface area contributed by atoms with Crippen LogP contribution in [-0.2, 0) is 4.79 Å². The average Bonchev–Trinajstić information content (AvgIpc) is 2.94. The molecule has 1 aromatic heterocycles. The molecule has 1 aromatic rings. The Labute approximate surface area is 152 Å². The molecule has 1 atom stereocenters. The topological polar surface area (TPSA) is 95.6 Å². The van der Waals surface area contributed by atoms with Crippen LogP contribution in [0.4, 0.5) is 16.2 Å². The lowest BCUT2D eigenvalue weighted by Crippen LogP contribution is -2.50. The van der Waals surface area contributed by atoms with Gasteiger partial charge in [0.1, 0.15) is 0 Å². The monoisotopic (exact) mass is 363 g/mol. The maximum absolute atomic E-state index is 13.4. The number of rotatable bonds is 2. The van der Waals surface area contributed by atoms with Crippen LogP contribution in [0.25, 0.3) is 0 Å². The zero-order valence-electron chi connectivity index (χ0n) is 14.9. The number of anilines is 2. The Balaban J connectivity index is 1.49. The summed E-state index contributed by atoms with van der Waals surface area (Å²) in [6.45, 7) is 2.08. The zero-order chi connectivity index (χ0) is 18.3. The van der Waals surface area contributed by atoms with Crippen molar-refractivity contribution in [1.82, 2.24) is 14.9 Å². The van der Waals surface area contributed by atoms with Crippen LogP contribution in [0, 0.1) is 11.2 Å². The molecule has 0 radical (unpaired) electrons. The molecule has 0 unspecified atom stereocenters. The van der Waals surface area contributed by atoms with Crippen LogP contribution in [0.1, 0.15) is 44.9 Å². The number of carbonyl (C=O) groups is 1.